The second-order valence-corrected chi connectivity index (χ2v) is 5.92. The van der Waals surface area contributed by atoms with Crippen LogP contribution >= 0.6 is 23.2 Å². The van der Waals surface area contributed by atoms with Crippen LogP contribution in [0.15, 0.2) is 30.3 Å². The Labute approximate surface area is 161 Å². The average Bonchev–Trinajstić information content (AvgIpc) is 2.63. The van der Waals surface area contributed by atoms with Crippen molar-refractivity contribution < 1.29 is 23.7 Å². The molecule has 26 heavy (non-hydrogen) atoms. The van der Waals surface area contributed by atoms with Crippen LogP contribution < -0.4 is 19.5 Å². The summed E-state index contributed by atoms with van der Waals surface area (Å²) in [4.78, 5) is 12.6. The third-order valence-corrected chi connectivity index (χ3v) is 4.02. The molecule has 6 nitrogen and oxygen atoms in total. The second kappa shape index (κ2) is 9.52. The maximum atomic E-state index is 12.6. The normalized spacial score (nSPS) is 10.3. The van der Waals surface area contributed by atoms with E-state index in [1.807, 2.05) is 0 Å². The Morgan fingerprint density at radius 3 is 2.42 bits per heavy atom. The first kappa shape index (κ1) is 20.2. The van der Waals surface area contributed by atoms with Crippen LogP contribution in [0.3, 0.4) is 0 Å². The molecule has 140 valence electrons. The summed E-state index contributed by atoms with van der Waals surface area (Å²) in [7, 11) is 4.51. The van der Waals surface area contributed by atoms with E-state index in [4.69, 9.17) is 42.1 Å². The quantitative estimate of drug-likeness (QED) is 0.670. The lowest BCUT2D eigenvalue weighted by atomic mass is 10.1. The van der Waals surface area contributed by atoms with Crippen LogP contribution in [0.25, 0.3) is 0 Å². The van der Waals surface area contributed by atoms with Gasteiger partial charge in [0.15, 0.2) is 17.2 Å². The lowest BCUT2D eigenvalue weighted by molar-refractivity contribution is 0.102. The molecule has 0 atom stereocenters. The number of hydrogen-bond donors (Lipinski definition) is 1. The zero-order valence-electron chi connectivity index (χ0n) is 14.6. The third kappa shape index (κ3) is 4.72. The van der Waals surface area contributed by atoms with Gasteiger partial charge in [-0.15, -0.1) is 0 Å². The molecule has 1 N–H and O–H groups in total. The van der Waals surface area contributed by atoms with Crippen LogP contribution in [0.1, 0.15) is 10.4 Å². The van der Waals surface area contributed by atoms with Crippen LogP contribution in [0.2, 0.25) is 10.0 Å². The van der Waals surface area contributed by atoms with Crippen LogP contribution in [-0.2, 0) is 4.74 Å². The number of rotatable bonds is 8. The predicted molar refractivity (Wildman–Crippen MR) is 101 cm³/mol. The molecule has 0 bridgehead atoms. The fourth-order valence-electron chi connectivity index (χ4n) is 2.22. The number of carbonyl (C=O) groups is 1. The van der Waals surface area contributed by atoms with Crippen LogP contribution in [0.4, 0.5) is 5.69 Å². The molecule has 0 aromatic heterocycles. The molecule has 0 aliphatic carbocycles. The highest BCUT2D eigenvalue weighted by molar-refractivity contribution is 6.33. The van der Waals surface area contributed by atoms with Crippen LogP contribution in [0, 0.1) is 0 Å². The minimum Gasteiger partial charge on any atom is -0.493 e. The Hall–Kier alpha value is -2.15. The molecule has 2 aromatic carbocycles. The van der Waals surface area contributed by atoms with Gasteiger partial charge in [-0.05, 0) is 24.3 Å². The molecule has 2 rings (SSSR count). The van der Waals surface area contributed by atoms with Gasteiger partial charge in [0.25, 0.3) is 5.91 Å². The summed E-state index contributed by atoms with van der Waals surface area (Å²) < 4.78 is 21.0. The van der Waals surface area contributed by atoms with Crippen molar-refractivity contribution in [3.63, 3.8) is 0 Å². The number of hydrogen-bond acceptors (Lipinski definition) is 5. The first-order valence-corrected chi connectivity index (χ1v) is 8.40. The number of methoxy groups -OCH3 is 3. The molecule has 0 aliphatic heterocycles. The molecular weight excluding hydrogens is 381 g/mol. The molecule has 2 aromatic rings. The summed E-state index contributed by atoms with van der Waals surface area (Å²) in [6, 6.07) is 8.11. The topological polar surface area (TPSA) is 66.0 Å². The molecule has 0 heterocycles. The van der Waals surface area contributed by atoms with Gasteiger partial charge >= 0.3 is 0 Å². The standard InChI is InChI=1S/C18H19Cl2NO5/c1-23-7-8-26-16-12(19)5-4-6-14(16)21-18(22)11-9-13(20)17(25-3)15(10-11)24-2/h4-6,9-10H,7-8H2,1-3H3,(H,21,22). The maximum Gasteiger partial charge on any atom is 0.255 e. The van der Waals surface area contributed by atoms with Gasteiger partial charge in [-0.3, -0.25) is 4.79 Å². The summed E-state index contributed by atoms with van der Waals surface area (Å²) in [5.74, 6) is 0.683. The van der Waals surface area contributed by atoms with Gasteiger partial charge in [0.1, 0.15) is 6.61 Å². The molecule has 0 spiro atoms. The fourth-order valence-corrected chi connectivity index (χ4v) is 2.74. The SMILES string of the molecule is COCCOc1c(Cl)cccc1NC(=O)c1cc(Cl)c(OC)c(OC)c1. The average molecular weight is 400 g/mol. The zero-order valence-corrected chi connectivity index (χ0v) is 16.1. The Morgan fingerprint density at radius 2 is 1.77 bits per heavy atom. The molecule has 0 fully saturated rings. The first-order valence-electron chi connectivity index (χ1n) is 7.65. The number of para-hydroxylation sites is 1. The minimum absolute atomic E-state index is 0.264. The van der Waals surface area contributed by atoms with E-state index in [-0.39, 0.29) is 5.02 Å². The second-order valence-electron chi connectivity index (χ2n) is 5.11. The van der Waals surface area contributed by atoms with E-state index in [1.165, 1.54) is 26.4 Å². The van der Waals surface area contributed by atoms with E-state index in [1.54, 1.807) is 25.3 Å². The molecule has 8 heteroatoms. The number of benzene rings is 2. The summed E-state index contributed by atoms with van der Waals surface area (Å²) in [6.45, 7) is 0.690. The number of anilines is 1. The molecular formula is C18H19Cl2NO5. The van der Waals surface area contributed by atoms with Crippen LogP contribution in [-0.4, -0.2) is 40.5 Å². The van der Waals surface area contributed by atoms with Crippen LogP contribution in [0.5, 0.6) is 17.2 Å². The summed E-state index contributed by atoms with van der Waals surface area (Å²) in [6.07, 6.45) is 0. The fraction of sp³-hybridized carbons (Fsp3) is 0.278. The van der Waals surface area contributed by atoms with E-state index >= 15 is 0 Å². The smallest absolute Gasteiger partial charge is 0.255 e. The highest BCUT2D eigenvalue weighted by atomic mass is 35.5. The zero-order chi connectivity index (χ0) is 19.1. The number of nitrogens with one attached hydrogen (secondary N) is 1. The van der Waals surface area contributed by atoms with E-state index in [0.717, 1.165) is 0 Å². The Bertz CT molecular complexity index is 782. The monoisotopic (exact) mass is 399 g/mol. The van der Waals surface area contributed by atoms with Crippen molar-refractivity contribution in [1.82, 2.24) is 0 Å². The Kier molecular flexibility index (Phi) is 7.38. The number of carbonyl (C=O) groups excluding carboxylic acids is 1. The maximum absolute atomic E-state index is 12.6. The molecule has 1 amide bonds. The lowest BCUT2D eigenvalue weighted by Crippen LogP contribution is -2.14. The van der Waals surface area contributed by atoms with Gasteiger partial charge in [0.2, 0.25) is 0 Å². The Morgan fingerprint density at radius 1 is 1.00 bits per heavy atom. The van der Waals surface area contributed by atoms with Crippen molar-refractivity contribution in [2.45, 2.75) is 0 Å². The number of amides is 1. The van der Waals surface area contributed by atoms with Crippen molar-refractivity contribution in [1.29, 1.82) is 0 Å². The van der Waals surface area contributed by atoms with Gasteiger partial charge < -0.3 is 24.3 Å². The lowest BCUT2D eigenvalue weighted by Gasteiger charge is -2.15. The largest absolute Gasteiger partial charge is 0.493 e. The molecule has 0 aliphatic rings. The third-order valence-electron chi connectivity index (χ3n) is 3.44. The van der Waals surface area contributed by atoms with Gasteiger partial charge in [0.05, 0.1) is 36.6 Å². The van der Waals surface area contributed by atoms with Gasteiger partial charge in [0, 0.05) is 12.7 Å². The first-order chi connectivity index (χ1) is 12.5. The van der Waals surface area contributed by atoms with E-state index < -0.39 is 5.91 Å². The predicted octanol–water partition coefficient (Wildman–Crippen LogP) is 4.29. The number of ether oxygens (including phenoxy) is 4. The van der Waals surface area contributed by atoms with E-state index in [2.05, 4.69) is 5.32 Å². The molecule has 0 radical (unpaired) electrons. The summed E-state index contributed by atoms with van der Waals surface area (Å²) >= 11 is 12.3. The Balaban J connectivity index is 2.28. The van der Waals surface area contributed by atoms with Gasteiger partial charge in [-0.2, -0.15) is 0 Å². The molecule has 0 saturated heterocycles. The highest BCUT2D eigenvalue weighted by Gasteiger charge is 2.17. The van der Waals surface area contributed by atoms with Crippen molar-refractivity contribution in [2.75, 3.05) is 39.9 Å². The molecule has 0 unspecified atom stereocenters. The van der Waals surface area contributed by atoms with E-state index in [9.17, 15) is 4.79 Å². The van der Waals surface area contributed by atoms with Crippen molar-refractivity contribution in [3.8, 4) is 17.2 Å². The minimum atomic E-state index is -0.397. The summed E-state index contributed by atoms with van der Waals surface area (Å²) in [5, 5.41) is 3.41. The van der Waals surface area contributed by atoms with E-state index in [0.29, 0.717) is 46.7 Å². The van der Waals surface area contributed by atoms with Crippen molar-refractivity contribution in [3.05, 3.63) is 45.9 Å². The summed E-state index contributed by atoms with van der Waals surface area (Å²) in [5.41, 5.74) is 0.736. The number of halogens is 2. The molecule has 0 saturated carbocycles. The highest BCUT2D eigenvalue weighted by Crippen LogP contribution is 2.37. The van der Waals surface area contributed by atoms with Crippen molar-refractivity contribution in [2.24, 2.45) is 0 Å². The van der Waals surface area contributed by atoms with Gasteiger partial charge in [-0.25, -0.2) is 0 Å². The van der Waals surface area contributed by atoms with Crippen molar-refractivity contribution >= 4 is 34.8 Å². The van der Waals surface area contributed by atoms with Gasteiger partial charge in [-0.1, -0.05) is 29.3 Å².